The zero-order valence-electron chi connectivity index (χ0n) is 11.4. The van der Waals surface area contributed by atoms with Crippen molar-refractivity contribution in [3.05, 3.63) is 29.8 Å². The first kappa shape index (κ1) is 19.4. The van der Waals surface area contributed by atoms with Crippen LogP contribution in [-0.4, -0.2) is 63.2 Å². The molecule has 0 heterocycles. The predicted molar refractivity (Wildman–Crippen MR) is 79.4 cm³/mol. The molecule has 0 saturated heterocycles. The van der Waals surface area contributed by atoms with Crippen molar-refractivity contribution < 1.29 is 24.6 Å². The van der Waals surface area contributed by atoms with Crippen LogP contribution >= 0.6 is 0 Å². The fourth-order valence-corrected chi connectivity index (χ4v) is 1.36. The Balaban J connectivity index is 0.00000400. The summed E-state index contributed by atoms with van der Waals surface area (Å²) in [5.74, 6) is -1.35. The van der Waals surface area contributed by atoms with Crippen molar-refractivity contribution in [1.82, 2.24) is 0 Å². The zero-order valence-corrected chi connectivity index (χ0v) is 11.4. The third-order valence-electron chi connectivity index (χ3n) is 2.11. The first-order valence-corrected chi connectivity index (χ1v) is 5.79. The normalized spacial score (nSPS) is 11.3. The molecule has 0 aliphatic heterocycles. The van der Waals surface area contributed by atoms with Gasteiger partial charge in [-0.1, -0.05) is 17.3 Å². The number of carbonyl (C=O) groups is 2. The average molecular weight is 304 g/mol. The Hall–Kier alpha value is -1.57. The van der Waals surface area contributed by atoms with E-state index in [1.165, 1.54) is 24.3 Å². The van der Waals surface area contributed by atoms with Crippen LogP contribution in [0.25, 0.3) is 0 Å². The number of nitrogens with one attached hydrogen (secondary N) is 1. The van der Waals surface area contributed by atoms with Crippen LogP contribution in [0.2, 0.25) is 0 Å². The molecule has 1 rings (SSSR count). The summed E-state index contributed by atoms with van der Waals surface area (Å²) in [5.41, 5.74) is -0.432. The maximum atomic E-state index is 11.5. The molecule has 7 nitrogen and oxygen atoms in total. The van der Waals surface area contributed by atoms with E-state index in [4.69, 9.17) is 15.1 Å². The molecule has 0 saturated carbocycles. The monoisotopic (exact) mass is 304 g/mol. The molecule has 0 bridgehead atoms. The number of rotatable bonds is 3. The summed E-state index contributed by atoms with van der Waals surface area (Å²) in [5, 5.41) is 22.6. The van der Waals surface area contributed by atoms with Crippen molar-refractivity contribution in [2.75, 3.05) is 5.32 Å². The Morgan fingerprint density at radius 1 is 1.19 bits per heavy atom. The van der Waals surface area contributed by atoms with Gasteiger partial charge >= 0.3 is 41.6 Å². The number of hydrogen-bond acceptors (Lipinski definition) is 5. The molecular formula is C13H17N2NaO5. The van der Waals surface area contributed by atoms with Gasteiger partial charge in [-0.25, -0.2) is 9.59 Å². The SMILES string of the molecule is CC(C)(C)OC(=O)Nc1ccc(/C(=N/O)C(=O)O)cc1.[NaH]. The van der Waals surface area contributed by atoms with E-state index in [9.17, 15) is 9.59 Å². The zero-order chi connectivity index (χ0) is 15.3. The number of carbonyl (C=O) groups excluding carboxylic acids is 1. The minimum atomic E-state index is -1.35. The second-order valence-electron chi connectivity index (χ2n) is 4.96. The van der Waals surface area contributed by atoms with Crippen molar-refractivity contribution in [3.8, 4) is 0 Å². The van der Waals surface area contributed by atoms with Crippen molar-refractivity contribution in [3.63, 3.8) is 0 Å². The van der Waals surface area contributed by atoms with Gasteiger partial charge in [0.25, 0.3) is 0 Å². The Morgan fingerprint density at radius 3 is 2.10 bits per heavy atom. The topological polar surface area (TPSA) is 108 Å². The molecule has 0 fully saturated rings. The van der Waals surface area contributed by atoms with Crippen molar-refractivity contribution in [2.45, 2.75) is 26.4 Å². The molecule has 0 aliphatic rings. The third kappa shape index (κ3) is 6.61. The molecule has 8 heteroatoms. The third-order valence-corrected chi connectivity index (χ3v) is 2.11. The number of aliphatic carboxylic acids is 1. The van der Waals surface area contributed by atoms with E-state index in [-0.39, 0.29) is 35.1 Å². The molecule has 0 spiro atoms. The van der Waals surface area contributed by atoms with Gasteiger partial charge in [-0.2, -0.15) is 0 Å². The standard InChI is InChI=1S/C13H16N2O5.Na.H/c1-13(2,3)20-12(18)14-9-6-4-8(5-7-9)10(15-19)11(16)17;;/h4-7,19H,1-3H3,(H,14,18)(H,16,17);;/b15-10-;;. The molecule has 0 aromatic heterocycles. The van der Waals surface area contributed by atoms with Gasteiger partial charge in [0.1, 0.15) is 5.60 Å². The second-order valence-corrected chi connectivity index (χ2v) is 4.96. The fraction of sp³-hybridized carbons (Fsp3) is 0.308. The Kier molecular flexibility index (Phi) is 7.42. The number of amides is 1. The Labute approximate surface area is 144 Å². The Bertz CT molecular complexity index is 534. The number of anilines is 1. The van der Waals surface area contributed by atoms with Crippen LogP contribution in [0.3, 0.4) is 0 Å². The average Bonchev–Trinajstić information content (AvgIpc) is 2.29. The van der Waals surface area contributed by atoms with E-state index >= 15 is 0 Å². The fourth-order valence-electron chi connectivity index (χ4n) is 1.36. The number of ether oxygens (including phenoxy) is 1. The number of benzene rings is 1. The summed E-state index contributed by atoms with van der Waals surface area (Å²) >= 11 is 0. The van der Waals surface area contributed by atoms with Gasteiger partial charge in [0.05, 0.1) is 0 Å². The van der Waals surface area contributed by atoms with Crippen molar-refractivity contribution in [1.29, 1.82) is 0 Å². The minimum absolute atomic E-state index is 0. The number of carboxylic acids is 1. The van der Waals surface area contributed by atoms with Gasteiger partial charge in [0.2, 0.25) is 0 Å². The number of carboxylic acid groups (broad SMARTS) is 1. The van der Waals surface area contributed by atoms with Crippen LogP contribution in [0.4, 0.5) is 10.5 Å². The molecule has 0 atom stereocenters. The first-order valence-electron chi connectivity index (χ1n) is 5.79. The summed E-state index contributed by atoms with van der Waals surface area (Å²) in [7, 11) is 0. The summed E-state index contributed by atoms with van der Waals surface area (Å²) < 4.78 is 5.07. The van der Waals surface area contributed by atoms with Crippen LogP contribution in [0.1, 0.15) is 26.3 Å². The van der Waals surface area contributed by atoms with Crippen molar-refractivity contribution >= 4 is 53.0 Å². The molecule has 0 aliphatic carbocycles. The molecule has 110 valence electrons. The summed E-state index contributed by atoms with van der Waals surface area (Å²) in [6, 6.07) is 5.78. The van der Waals surface area contributed by atoms with Gasteiger partial charge < -0.3 is 15.1 Å². The molecule has 1 amide bonds. The molecule has 1 aromatic carbocycles. The van der Waals surface area contributed by atoms with Crippen LogP contribution in [0, 0.1) is 0 Å². The molecule has 1 aromatic rings. The quantitative estimate of drug-likeness (QED) is 0.340. The van der Waals surface area contributed by atoms with Gasteiger partial charge in [-0.3, -0.25) is 5.32 Å². The van der Waals surface area contributed by atoms with Crippen LogP contribution in [0.5, 0.6) is 0 Å². The molecular weight excluding hydrogens is 287 g/mol. The molecule has 3 N–H and O–H groups in total. The van der Waals surface area contributed by atoms with Gasteiger partial charge in [0.15, 0.2) is 5.71 Å². The van der Waals surface area contributed by atoms with Gasteiger partial charge in [-0.15, -0.1) is 0 Å². The number of oxime groups is 1. The second kappa shape index (κ2) is 8.02. The van der Waals surface area contributed by atoms with E-state index in [1.807, 2.05) is 0 Å². The number of nitrogens with zero attached hydrogens (tertiary/aromatic N) is 1. The van der Waals surface area contributed by atoms with Crippen LogP contribution in [0.15, 0.2) is 29.4 Å². The van der Waals surface area contributed by atoms with Gasteiger partial charge in [0, 0.05) is 11.3 Å². The number of hydrogen-bond donors (Lipinski definition) is 3. The summed E-state index contributed by atoms with van der Waals surface area (Å²) in [6.07, 6.45) is -0.612. The van der Waals surface area contributed by atoms with Crippen LogP contribution in [-0.2, 0) is 9.53 Å². The van der Waals surface area contributed by atoms with Gasteiger partial charge in [-0.05, 0) is 32.9 Å². The van der Waals surface area contributed by atoms with E-state index in [2.05, 4.69) is 10.5 Å². The van der Waals surface area contributed by atoms with E-state index in [0.29, 0.717) is 5.69 Å². The van der Waals surface area contributed by atoms with E-state index in [1.54, 1.807) is 20.8 Å². The van der Waals surface area contributed by atoms with Crippen LogP contribution < -0.4 is 5.32 Å². The van der Waals surface area contributed by atoms with E-state index < -0.39 is 23.4 Å². The first-order chi connectivity index (χ1) is 9.23. The van der Waals surface area contributed by atoms with Crippen molar-refractivity contribution in [2.24, 2.45) is 5.16 Å². The van der Waals surface area contributed by atoms with E-state index in [0.717, 1.165) is 0 Å². The summed E-state index contributed by atoms with van der Waals surface area (Å²) in [4.78, 5) is 22.3. The molecule has 21 heavy (non-hydrogen) atoms. The predicted octanol–water partition coefficient (Wildman–Crippen LogP) is 1.65. The Morgan fingerprint density at radius 2 is 1.71 bits per heavy atom. The molecule has 0 unspecified atom stereocenters. The molecule has 0 radical (unpaired) electrons. The summed E-state index contributed by atoms with van der Waals surface area (Å²) in [6.45, 7) is 5.23. The maximum absolute atomic E-state index is 11.5.